The number of nitrogens with one attached hydrogen (secondary N) is 2. The van der Waals surface area contributed by atoms with Crippen LogP contribution in [0.1, 0.15) is 32.3 Å². The van der Waals surface area contributed by atoms with Gasteiger partial charge in [0.15, 0.2) is 0 Å². The molecular formula is C13H21N3O2S. The van der Waals surface area contributed by atoms with Gasteiger partial charge in [0.25, 0.3) is 0 Å². The molecule has 0 bridgehead atoms. The van der Waals surface area contributed by atoms with Gasteiger partial charge in [0.2, 0.25) is 10.0 Å². The number of amidine groups is 1. The van der Waals surface area contributed by atoms with E-state index in [-0.39, 0.29) is 10.7 Å². The molecule has 0 unspecified atom stereocenters. The van der Waals surface area contributed by atoms with Gasteiger partial charge in [-0.3, -0.25) is 5.41 Å². The Morgan fingerprint density at radius 2 is 1.74 bits per heavy atom. The van der Waals surface area contributed by atoms with Crippen molar-refractivity contribution >= 4 is 15.9 Å². The van der Waals surface area contributed by atoms with E-state index in [0.717, 1.165) is 5.56 Å². The topological polar surface area (TPSA) is 96.0 Å². The zero-order valence-electron chi connectivity index (χ0n) is 11.5. The normalized spacial score (nSPS) is 12.4. The van der Waals surface area contributed by atoms with Crippen LogP contribution in [0.25, 0.3) is 0 Å². The van der Waals surface area contributed by atoms with Crippen LogP contribution in [0, 0.1) is 12.3 Å². The van der Waals surface area contributed by atoms with E-state index in [1.54, 1.807) is 24.3 Å². The van der Waals surface area contributed by atoms with Crippen LogP contribution in [0.2, 0.25) is 0 Å². The molecule has 1 rings (SSSR count). The Labute approximate surface area is 114 Å². The van der Waals surface area contributed by atoms with E-state index in [4.69, 9.17) is 11.1 Å². The fourth-order valence-corrected chi connectivity index (χ4v) is 3.39. The van der Waals surface area contributed by atoms with Gasteiger partial charge in [-0.2, -0.15) is 4.72 Å². The van der Waals surface area contributed by atoms with Crippen molar-refractivity contribution in [2.75, 3.05) is 0 Å². The van der Waals surface area contributed by atoms with Crippen molar-refractivity contribution in [3.05, 3.63) is 29.8 Å². The highest BCUT2D eigenvalue weighted by molar-refractivity contribution is 7.89. The van der Waals surface area contributed by atoms with Gasteiger partial charge in [-0.25, -0.2) is 8.42 Å². The number of hydrogen-bond donors (Lipinski definition) is 3. The summed E-state index contributed by atoms with van der Waals surface area (Å²) in [4.78, 5) is 0.186. The Morgan fingerprint density at radius 1 is 1.26 bits per heavy atom. The molecule has 0 atom stereocenters. The Balaban J connectivity index is 3.14. The lowest BCUT2D eigenvalue weighted by Crippen LogP contribution is -2.56. The largest absolute Gasteiger partial charge is 0.386 e. The summed E-state index contributed by atoms with van der Waals surface area (Å²) >= 11 is 0. The molecule has 0 saturated carbocycles. The average Bonchev–Trinajstić information content (AvgIpc) is 2.36. The zero-order chi connectivity index (χ0) is 14.7. The lowest BCUT2D eigenvalue weighted by molar-refractivity contribution is 0.459. The molecule has 0 radical (unpaired) electrons. The molecule has 19 heavy (non-hydrogen) atoms. The summed E-state index contributed by atoms with van der Waals surface area (Å²) in [6.07, 6.45) is 0.869. The minimum atomic E-state index is -3.67. The summed E-state index contributed by atoms with van der Waals surface area (Å²) in [5, 5.41) is 7.63. The molecule has 0 amide bonds. The van der Waals surface area contributed by atoms with Crippen LogP contribution in [-0.2, 0) is 10.0 Å². The van der Waals surface area contributed by atoms with Crippen LogP contribution in [0.4, 0.5) is 0 Å². The van der Waals surface area contributed by atoms with E-state index in [1.807, 2.05) is 20.8 Å². The average molecular weight is 283 g/mol. The second kappa shape index (κ2) is 5.71. The van der Waals surface area contributed by atoms with Crippen LogP contribution in [0.5, 0.6) is 0 Å². The molecule has 5 nitrogen and oxygen atoms in total. The first-order valence-corrected chi connectivity index (χ1v) is 7.71. The van der Waals surface area contributed by atoms with Crippen LogP contribution < -0.4 is 10.5 Å². The molecule has 4 N–H and O–H groups in total. The fourth-order valence-electron chi connectivity index (χ4n) is 1.86. The second-order valence-corrected chi connectivity index (χ2v) is 6.30. The Kier molecular flexibility index (Phi) is 4.70. The van der Waals surface area contributed by atoms with Gasteiger partial charge in [-0.05, 0) is 31.9 Å². The van der Waals surface area contributed by atoms with E-state index in [9.17, 15) is 8.42 Å². The van der Waals surface area contributed by atoms with Gasteiger partial charge in [-0.1, -0.05) is 31.5 Å². The molecule has 6 heteroatoms. The van der Waals surface area contributed by atoms with Crippen molar-refractivity contribution in [3.8, 4) is 0 Å². The molecule has 0 aromatic heterocycles. The molecule has 1 aromatic carbocycles. The Morgan fingerprint density at radius 3 is 2.11 bits per heavy atom. The van der Waals surface area contributed by atoms with E-state index in [1.165, 1.54) is 0 Å². The van der Waals surface area contributed by atoms with Gasteiger partial charge >= 0.3 is 0 Å². The first kappa shape index (κ1) is 15.7. The van der Waals surface area contributed by atoms with Gasteiger partial charge in [0.05, 0.1) is 10.4 Å². The quantitative estimate of drug-likeness (QED) is 0.548. The van der Waals surface area contributed by atoms with Crippen molar-refractivity contribution in [2.24, 2.45) is 5.73 Å². The third-order valence-electron chi connectivity index (χ3n) is 3.38. The predicted molar refractivity (Wildman–Crippen MR) is 76.7 cm³/mol. The summed E-state index contributed by atoms with van der Waals surface area (Å²) in [6.45, 7) is 5.51. The smallest absolute Gasteiger partial charge is 0.241 e. The summed E-state index contributed by atoms with van der Waals surface area (Å²) in [7, 11) is -3.67. The summed E-state index contributed by atoms with van der Waals surface area (Å²) in [5.41, 5.74) is 5.54. The standard InChI is InChI=1S/C13H21N3O2S/c1-4-13(5-2,12(14)15)16-19(17,18)11-8-6-10(3)7-9-11/h6-9,16H,4-5H2,1-3H3,(H3,14,15). The SMILES string of the molecule is CCC(CC)(NS(=O)(=O)c1ccc(C)cc1)C(=N)N. The Hall–Kier alpha value is -1.40. The summed E-state index contributed by atoms with van der Waals surface area (Å²) in [6, 6.07) is 6.57. The molecule has 0 aliphatic carbocycles. The lowest BCUT2D eigenvalue weighted by Gasteiger charge is -2.31. The van der Waals surface area contributed by atoms with Crippen LogP contribution in [-0.4, -0.2) is 19.8 Å². The molecule has 0 spiro atoms. The van der Waals surface area contributed by atoms with Crippen LogP contribution in [0.3, 0.4) is 0 Å². The Bertz CT molecular complexity index is 546. The maximum Gasteiger partial charge on any atom is 0.241 e. The van der Waals surface area contributed by atoms with Crippen molar-refractivity contribution in [1.29, 1.82) is 5.41 Å². The molecule has 1 aromatic rings. The monoisotopic (exact) mass is 283 g/mol. The highest BCUT2D eigenvalue weighted by Gasteiger charge is 2.35. The molecular weight excluding hydrogens is 262 g/mol. The first-order valence-electron chi connectivity index (χ1n) is 6.22. The fraction of sp³-hybridized carbons (Fsp3) is 0.462. The molecule has 0 fully saturated rings. The van der Waals surface area contributed by atoms with Crippen molar-refractivity contribution in [3.63, 3.8) is 0 Å². The maximum atomic E-state index is 12.3. The van der Waals surface area contributed by atoms with Gasteiger partial charge in [-0.15, -0.1) is 0 Å². The van der Waals surface area contributed by atoms with Crippen LogP contribution in [0.15, 0.2) is 29.2 Å². The minimum absolute atomic E-state index is 0.159. The molecule has 0 aliphatic rings. The lowest BCUT2D eigenvalue weighted by atomic mass is 9.93. The number of rotatable bonds is 6. The van der Waals surface area contributed by atoms with Crippen LogP contribution >= 0.6 is 0 Å². The van der Waals surface area contributed by atoms with Crippen molar-refractivity contribution in [2.45, 2.75) is 44.0 Å². The summed E-state index contributed by atoms with van der Waals surface area (Å²) in [5.74, 6) is -0.159. The third kappa shape index (κ3) is 3.33. The van der Waals surface area contributed by atoms with E-state index in [0.29, 0.717) is 12.8 Å². The van der Waals surface area contributed by atoms with Crippen molar-refractivity contribution in [1.82, 2.24) is 4.72 Å². The minimum Gasteiger partial charge on any atom is -0.386 e. The number of benzene rings is 1. The van der Waals surface area contributed by atoms with Crippen molar-refractivity contribution < 1.29 is 8.42 Å². The molecule has 106 valence electrons. The zero-order valence-corrected chi connectivity index (χ0v) is 12.3. The highest BCUT2D eigenvalue weighted by atomic mass is 32.2. The highest BCUT2D eigenvalue weighted by Crippen LogP contribution is 2.20. The van der Waals surface area contributed by atoms with Gasteiger partial charge in [0.1, 0.15) is 5.84 Å². The maximum absolute atomic E-state index is 12.3. The van der Waals surface area contributed by atoms with E-state index >= 15 is 0 Å². The number of aryl methyl sites for hydroxylation is 1. The number of hydrogen-bond acceptors (Lipinski definition) is 3. The molecule has 0 heterocycles. The second-order valence-electron chi connectivity index (χ2n) is 4.62. The summed E-state index contributed by atoms with van der Waals surface area (Å²) < 4.78 is 27.2. The first-order chi connectivity index (χ1) is 8.77. The van der Waals surface area contributed by atoms with E-state index < -0.39 is 15.6 Å². The van der Waals surface area contributed by atoms with Gasteiger partial charge in [0, 0.05) is 0 Å². The number of sulfonamides is 1. The predicted octanol–water partition coefficient (Wildman–Crippen LogP) is 1.77. The molecule has 0 aliphatic heterocycles. The van der Waals surface area contributed by atoms with E-state index in [2.05, 4.69) is 4.72 Å². The third-order valence-corrected chi connectivity index (χ3v) is 4.94. The molecule has 0 saturated heterocycles. The number of nitrogens with two attached hydrogens (primary N) is 1. The van der Waals surface area contributed by atoms with Gasteiger partial charge < -0.3 is 5.73 Å².